The molecule has 0 fully saturated rings. The van der Waals surface area contributed by atoms with E-state index in [1.165, 1.54) is 0 Å². The number of hydrogen-bond acceptors (Lipinski definition) is 4. The number of ether oxygens (including phenoxy) is 1. The fraction of sp³-hybridized carbons (Fsp3) is 0.438. The highest BCUT2D eigenvalue weighted by Crippen LogP contribution is 2.28. The molecule has 0 radical (unpaired) electrons. The van der Waals surface area contributed by atoms with Gasteiger partial charge in [0.15, 0.2) is 0 Å². The Labute approximate surface area is 126 Å². The maximum atomic E-state index is 5.78. The van der Waals surface area contributed by atoms with E-state index in [4.69, 9.17) is 10.6 Å². The van der Waals surface area contributed by atoms with Crippen LogP contribution in [-0.2, 0) is 7.05 Å². The number of aryl methyl sites for hydroxylation is 2. The molecule has 0 spiro atoms. The largest absolute Gasteiger partial charge is 0.494 e. The lowest BCUT2D eigenvalue weighted by molar-refractivity contribution is 0.317. The van der Waals surface area contributed by atoms with Crippen LogP contribution in [0, 0.1) is 13.8 Å². The van der Waals surface area contributed by atoms with Gasteiger partial charge in [-0.3, -0.25) is 10.5 Å². The second kappa shape index (κ2) is 6.74. The molecule has 1 heterocycles. The minimum atomic E-state index is -0.0704. The molecular formula is C16H24N4O. The second-order valence-corrected chi connectivity index (χ2v) is 5.23. The van der Waals surface area contributed by atoms with Crippen molar-refractivity contribution < 1.29 is 4.74 Å². The van der Waals surface area contributed by atoms with Crippen LogP contribution in [0.4, 0.5) is 0 Å². The van der Waals surface area contributed by atoms with Gasteiger partial charge in [0, 0.05) is 18.3 Å². The molecule has 0 bridgehead atoms. The average Bonchev–Trinajstić information content (AvgIpc) is 2.74. The van der Waals surface area contributed by atoms with E-state index in [0.29, 0.717) is 0 Å². The zero-order valence-corrected chi connectivity index (χ0v) is 13.2. The predicted molar refractivity (Wildman–Crippen MR) is 84.1 cm³/mol. The lowest BCUT2D eigenvalue weighted by atomic mass is 9.97. The summed E-state index contributed by atoms with van der Waals surface area (Å²) in [4.78, 5) is 0. The fourth-order valence-corrected chi connectivity index (χ4v) is 2.53. The van der Waals surface area contributed by atoms with E-state index in [0.717, 1.165) is 41.3 Å². The summed E-state index contributed by atoms with van der Waals surface area (Å²) in [5.41, 5.74) is 7.23. The fourth-order valence-electron chi connectivity index (χ4n) is 2.53. The lowest BCUT2D eigenvalue weighted by Crippen LogP contribution is -2.29. The molecule has 5 heteroatoms. The molecule has 1 aromatic heterocycles. The van der Waals surface area contributed by atoms with Crippen LogP contribution in [0.15, 0.2) is 24.3 Å². The third-order valence-electron chi connectivity index (χ3n) is 3.71. The van der Waals surface area contributed by atoms with Gasteiger partial charge in [-0.25, -0.2) is 5.43 Å². The quantitative estimate of drug-likeness (QED) is 0.633. The predicted octanol–water partition coefficient (Wildman–Crippen LogP) is 2.38. The Morgan fingerprint density at radius 3 is 2.43 bits per heavy atom. The van der Waals surface area contributed by atoms with Gasteiger partial charge in [0.1, 0.15) is 5.75 Å². The third kappa shape index (κ3) is 3.25. The summed E-state index contributed by atoms with van der Waals surface area (Å²) in [7, 11) is 1.95. The van der Waals surface area contributed by atoms with Crippen molar-refractivity contribution in [3.05, 3.63) is 46.8 Å². The Morgan fingerprint density at radius 2 is 1.95 bits per heavy atom. The number of nitrogens with zero attached hydrogens (tertiary/aromatic N) is 2. The normalized spacial score (nSPS) is 12.4. The van der Waals surface area contributed by atoms with Crippen LogP contribution >= 0.6 is 0 Å². The van der Waals surface area contributed by atoms with Crippen molar-refractivity contribution in [2.75, 3.05) is 6.61 Å². The van der Waals surface area contributed by atoms with Gasteiger partial charge >= 0.3 is 0 Å². The van der Waals surface area contributed by atoms with Crippen molar-refractivity contribution in [2.24, 2.45) is 12.9 Å². The first-order valence-electron chi connectivity index (χ1n) is 7.27. The summed E-state index contributed by atoms with van der Waals surface area (Å²) in [5.74, 6) is 6.67. The van der Waals surface area contributed by atoms with E-state index >= 15 is 0 Å². The minimum absolute atomic E-state index is 0.0704. The van der Waals surface area contributed by atoms with Gasteiger partial charge in [-0.15, -0.1) is 0 Å². The van der Waals surface area contributed by atoms with Gasteiger partial charge in [-0.1, -0.05) is 19.1 Å². The Hall–Kier alpha value is -1.85. The molecule has 1 unspecified atom stereocenters. The number of nitrogens with two attached hydrogens (primary N) is 1. The minimum Gasteiger partial charge on any atom is -0.494 e. The Balaban J connectivity index is 2.29. The Kier molecular flexibility index (Phi) is 4.98. The Morgan fingerprint density at radius 1 is 1.29 bits per heavy atom. The molecule has 2 rings (SSSR count). The summed E-state index contributed by atoms with van der Waals surface area (Å²) in [6.45, 7) is 6.89. The number of hydrogen-bond donors (Lipinski definition) is 2. The first-order chi connectivity index (χ1) is 10.1. The van der Waals surface area contributed by atoms with Crippen molar-refractivity contribution in [1.82, 2.24) is 15.2 Å². The van der Waals surface area contributed by atoms with Crippen LogP contribution in [0.25, 0.3) is 0 Å². The van der Waals surface area contributed by atoms with Crippen LogP contribution < -0.4 is 16.0 Å². The monoisotopic (exact) mass is 288 g/mol. The SMILES string of the molecule is CCCOc1ccc(C(NN)c2c(C)nn(C)c2C)cc1. The second-order valence-electron chi connectivity index (χ2n) is 5.23. The van der Waals surface area contributed by atoms with E-state index in [-0.39, 0.29) is 6.04 Å². The molecule has 1 atom stereocenters. The number of hydrazine groups is 1. The van der Waals surface area contributed by atoms with E-state index in [9.17, 15) is 0 Å². The van der Waals surface area contributed by atoms with E-state index in [1.54, 1.807) is 0 Å². The third-order valence-corrected chi connectivity index (χ3v) is 3.71. The molecule has 0 aliphatic rings. The molecule has 1 aromatic carbocycles. The zero-order chi connectivity index (χ0) is 15.4. The van der Waals surface area contributed by atoms with Crippen molar-refractivity contribution in [1.29, 1.82) is 0 Å². The smallest absolute Gasteiger partial charge is 0.119 e. The number of nitrogens with one attached hydrogen (secondary N) is 1. The molecule has 0 saturated carbocycles. The van der Waals surface area contributed by atoms with Crippen molar-refractivity contribution in [3.8, 4) is 5.75 Å². The highest BCUT2D eigenvalue weighted by Gasteiger charge is 2.20. The zero-order valence-electron chi connectivity index (χ0n) is 13.2. The molecular weight excluding hydrogens is 264 g/mol. The highest BCUT2D eigenvalue weighted by molar-refractivity contribution is 5.39. The van der Waals surface area contributed by atoms with E-state index in [1.807, 2.05) is 42.9 Å². The summed E-state index contributed by atoms with van der Waals surface area (Å²) in [6.07, 6.45) is 1.00. The lowest BCUT2D eigenvalue weighted by Gasteiger charge is -2.18. The van der Waals surface area contributed by atoms with Gasteiger partial charge in [0.2, 0.25) is 0 Å². The summed E-state index contributed by atoms with van der Waals surface area (Å²) >= 11 is 0. The van der Waals surface area contributed by atoms with Crippen LogP contribution in [0.5, 0.6) is 5.75 Å². The van der Waals surface area contributed by atoms with Crippen LogP contribution in [0.1, 0.15) is 41.9 Å². The van der Waals surface area contributed by atoms with Crippen LogP contribution in [0.3, 0.4) is 0 Å². The molecule has 3 N–H and O–H groups in total. The summed E-state index contributed by atoms with van der Waals surface area (Å²) in [6, 6.07) is 7.98. The van der Waals surface area contributed by atoms with Crippen molar-refractivity contribution >= 4 is 0 Å². The molecule has 0 saturated heterocycles. The number of benzene rings is 1. The summed E-state index contributed by atoms with van der Waals surface area (Å²) < 4.78 is 7.50. The van der Waals surface area contributed by atoms with Crippen LogP contribution in [-0.4, -0.2) is 16.4 Å². The van der Waals surface area contributed by atoms with Gasteiger partial charge in [-0.2, -0.15) is 5.10 Å². The summed E-state index contributed by atoms with van der Waals surface area (Å²) in [5, 5.41) is 4.46. The standard InChI is InChI=1S/C16H24N4O/c1-5-10-21-14-8-6-13(7-9-14)16(18-17)15-11(2)19-20(4)12(15)3/h6-9,16,18H,5,10,17H2,1-4H3. The first-order valence-corrected chi connectivity index (χ1v) is 7.27. The van der Waals surface area contributed by atoms with Crippen molar-refractivity contribution in [3.63, 3.8) is 0 Å². The molecule has 21 heavy (non-hydrogen) atoms. The molecule has 0 aliphatic heterocycles. The average molecular weight is 288 g/mol. The Bertz CT molecular complexity index is 589. The van der Waals surface area contributed by atoms with Gasteiger partial charge in [0.25, 0.3) is 0 Å². The molecule has 5 nitrogen and oxygen atoms in total. The van der Waals surface area contributed by atoms with Gasteiger partial charge in [0.05, 0.1) is 18.3 Å². The van der Waals surface area contributed by atoms with Crippen LogP contribution in [0.2, 0.25) is 0 Å². The van der Waals surface area contributed by atoms with Gasteiger partial charge < -0.3 is 4.74 Å². The topological polar surface area (TPSA) is 65.1 Å². The molecule has 2 aromatic rings. The molecule has 114 valence electrons. The van der Waals surface area contributed by atoms with E-state index < -0.39 is 0 Å². The first kappa shape index (κ1) is 15.5. The molecule has 0 aliphatic carbocycles. The van der Waals surface area contributed by atoms with Crippen molar-refractivity contribution in [2.45, 2.75) is 33.2 Å². The van der Waals surface area contributed by atoms with Gasteiger partial charge in [-0.05, 0) is 38.0 Å². The number of aromatic nitrogens is 2. The number of rotatable bonds is 6. The maximum absolute atomic E-state index is 5.78. The molecule has 0 amide bonds. The maximum Gasteiger partial charge on any atom is 0.119 e. The highest BCUT2D eigenvalue weighted by atomic mass is 16.5. The van der Waals surface area contributed by atoms with E-state index in [2.05, 4.69) is 24.4 Å².